The van der Waals surface area contributed by atoms with E-state index in [1.165, 1.54) is 23.5 Å². The lowest BCUT2D eigenvalue weighted by Gasteiger charge is -2.11. The molecule has 0 atom stereocenters. The van der Waals surface area contributed by atoms with Crippen LogP contribution in [0.3, 0.4) is 0 Å². The van der Waals surface area contributed by atoms with Crippen LogP contribution in [-0.4, -0.2) is 10.9 Å². The van der Waals surface area contributed by atoms with Crippen LogP contribution in [0.4, 0.5) is 15.8 Å². The monoisotopic (exact) mass is 467 g/mol. The van der Waals surface area contributed by atoms with Crippen LogP contribution in [0.25, 0.3) is 32.6 Å². The van der Waals surface area contributed by atoms with Gasteiger partial charge in [-0.05, 0) is 54.3 Å². The number of nitrogens with one attached hydrogen (secondary N) is 1. The number of nitrogen functional groups attached to an aromatic ring is 1. The van der Waals surface area contributed by atoms with Crippen molar-refractivity contribution >= 4 is 38.8 Å². The molecule has 0 radical (unpaired) electrons. The maximum atomic E-state index is 13.6. The van der Waals surface area contributed by atoms with E-state index in [4.69, 9.17) is 10.7 Å². The van der Waals surface area contributed by atoms with E-state index >= 15 is 0 Å². The van der Waals surface area contributed by atoms with Gasteiger partial charge in [-0.1, -0.05) is 60.7 Å². The van der Waals surface area contributed by atoms with Crippen molar-refractivity contribution in [1.29, 1.82) is 0 Å². The van der Waals surface area contributed by atoms with Gasteiger partial charge < -0.3 is 11.1 Å². The molecule has 1 amide bonds. The van der Waals surface area contributed by atoms with Crippen molar-refractivity contribution in [2.75, 3.05) is 11.1 Å². The fourth-order valence-corrected chi connectivity index (χ4v) is 5.10. The predicted octanol–water partition coefficient (Wildman–Crippen LogP) is 7.22. The fraction of sp³-hybridized carbons (Fsp3) is 0.0714. The van der Waals surface area contributed by atoms with Gasteiger partial charge in [0.05, 0.1) is 11.4 Å². The minimum atomic E-state index is -0.315. The average Bonchev–Trinajstić information content (AvgIpc) is 3.18. The Labute approximate surface area is 200 Å². The number of benzene rings is 3. The van der Waals surface area contributed by atoms with Crippen molar-refractivity contribution in [1.82, 2.24) is 4.98 Å². The third-order valence-corrected chi connectivity index (χ3v) is 6.95. The topological polar surface area (TPSA) is 68.0 Å². The Bertz CT molecular complexity index is 1510. The first-order chi connectivity index (χ1) is 16.4. The molecule has 0 bridgehead atoms. The number of aromatic nitrogens is 1. The van der Waals surface area contributed by atoms with Gasteiger partial charge in [-0.3, -0.25) is 4.79 Å². The van der Waals surface area contributed by atoms with Gasteiger partial charge in [0, 0.05) is 16.6 Å². The summed E-state index contributed by atoms with van der Waals surface area (Å²) in [6, 6.07) is 23.9. The number of hydrogen-bond donors (Lipinski definition) is 2. The van der Waals surface area contributed by atoms with Gasteiger partial charge in [0.1, 0.15) is 15.5 Å². The van der Waals surface area contributed by atoms with E-state index in [9.17, 15) is 9.18 Å². The molecule has 2 aromatic heterocycles. The summed E-state index contributed by atoms with van der Waals surface area (Å²) in [5.74, 6) is -0.589. The molecule has 5 rings (SSSR count). The van der Waals surface area contributed by atoms with Crippen LogP contribution >= 0.6 is 11.3 Å². The zero-order chi connectivity index (χ0) is 23.8. The standard InChI is InChI=1S/C28H22FN3OS/c1-16-7-6-8-17(2)25(16)32-27(33)26-24(30)23-21(18-11-13-20(29)14-12-18)15-22(31-28(23)34-26)19-9-4-3-5-10-19/h3-15H,30H2,1-2H3,(H,32,33). The van der Waals surface area contributed by atoms with E-state index < -0.39 is 0 Å². The number of nitrogens with two attached hydrogens (primary N) is 1. The van der Waals surface area contributed by atoms with Crippen molar-refractivity contribution in [3.8, 4) is 22.4 Å². The largest absolute Gasteiger partial charge is 0.397 e. The molecule has 4 nitrogen and oxygen atoms in total. The Balaban J connectivity index is 1.68. The Morgan fingerprint density at radius 1 is 0.912 bits per heavy atom. The summed E-state index contributed by atoms with van der Waals surface area (Å²) in [7, 11) is 0. The molecule has 0 aliphatic carbocycles. The van der Waals surface area contributed by atoms with E-state index in [1.807, 2.05) is 68.4 Å². The third kappa shape index (κ3) is 3.93. The van der Waals surface area contributed by atoms with Gasteiger partial charge in [-0.2, -0.15) is 0 Å². The van der Waals surface area contributed by atoms with Crippen molar-refractivity contribution < 1.29 is 9.18 Å². The van der Waals surface area contributed by atoms with Gasteiger partial charge in [-0.25, -0.2) is 9.37 Å². The summed E-state index contributed by atoms with van der Waals surface area (Å²) in [6.45, 7) is 3.91. The molecule has 0 spiro atoms. The molecule has 3 N–H and O–H groups in total. The van der Waals surface area contributed by atoms with Crippen LogP contribution in [0.5, 0.6) is 0 Å². The molecule has 0 aliphatic heterocycles. The van der Waals surface area contributed by atoms with Gasteiger partial charge in [0.25, 0.3) is 5.91 Å². The molecule has 0 unspecified atom stereocenters. The Hall–Kier alpha value is -4.03. The number of aryl methyl sites for hydroxylation is 2. The Kier molecular flexibility index (Phi) is 5.59. The molecule has 0 fully saturated rings. The number of para-hydroxylation sites is 1. The number of nitrogens with zero attached hydrogens (tertiary/aromatic N) is 1. The number of pyridine rings is 1. The number of anilines is 2. The van der Waals surface area contributed by atoms with Crippen LogP contribution in [0.15, 0.2) is 78.9 Å². The first-order valence-electron chi connectivity index (χ1n) is 10.8. The highest BCUT2D eigenvalue weighted by Crippen LogP contribution is 2.41. The van der Waals surface area contributed by atoms with E-state index in [2.05, 4.69) is 5.32 Å². The van der Waals surface area contributed by atoms with Crippen molar-refractivity contribution in [3.63, 3.8) is 0 Å². The number of amides is 1. The van der Waals surface area contributed by atoms with Crippen molar-refractivity contribution in [2.45, 2.75) is 13.8 Å². The highest BCUT2D eigenvalue weighted by atomic mass is 32.1. The normalized spacial score (nSPS) is 11.0. The van der Waals surface area contributed by atoms with Crippen LogP contribution < -0.4 is 11.1 Å². The number of hydrogen-bond acceptors (Lipinski definition) is 4. The van der Waals surface area contributed by atoms with E-state index in [0.29, 0.717) is 20.8 Å². The molecular formula is C28H22FN3OS. The second-order valence-electron chi connectivity index (χ2n) is 8.17. The number of halogens is 1. The van der Waals surface area contributed by atoms with Gasteiger partial charge in [0.2, 0.25) is 0 Å². The maximum absolute atomic E-state index is 13.6. The quantitative estimate of drug-likeness (QED) is 0.293. The van der Waals surface area contributed by atoms with Crippen LogP contribution in [0.2, 0.25) is 0 Å². The second kappa shape index (κ2) is 8.72. The Morgan fingerprint density at radius 3 is 2.26 bits per heavy atom. The molecule has 3 aromatic carbocycles. The molecule has 0 aliphatic rings. The summed E-state index contributed by atoms with van der Waals surface area (Å²) < 4.78 is 13.6. The second-order valence-corrected chi connectivity index (χ2v) is 9.17. The summed E-state index contributed by atoms with van der Waals surface area (Å²) in [5, 5.41) is 3.72. The van der Waals surface area contributed by atoms with E-state index in [1.54, 1.807) is 12.1 Å². The number of rotatable bonds is 4. The van der Waals surface area contributed by atoms with Gasteiger partial charge >= 0.3 is 0 Å². The molecule has 168 valence electrons. The highest BCUT2D eigenvalue weighted by Gasteiger charge is 2.22. The van der Waals surface area contributed by atoms with Gasteiger partial charge in [0.15, 0.2) is 0 Å². The van der Waals surface area contributed by atoms with Crippen LogP contribution in [0.1, 0.15) is 20.8 Å². The number of carbonyl (C=O) groups is 1. The molecule has 0 saturated heterocycles. The molecule has 6 heteroatoms. The van der Waals surface area contributed by atoms with E-state index in [-0.39, 0.29) is 11.7 Å². The number of thiophene rings is 1. The number of fused-ring (bicyclic) bond motifs is 1. The zero-order valence-electron chi connectivity index (χ0n) is 18.7. The van der Waals surface area contributed by atoms with Gasteiger partial charge in [-0.15, -0.1) is 11.3 Å². The minimum Gasteiger partial charge on any atom is -0.397 e. The van der Waals surface area contributed by atoms with Crippen LogP contribution in [-0.2, 0) is 0 Å². The lowest BCUT2D eigenvalue weighted by Crippen LogP contribution is -2.13. The predicted molar refractivity (Wildman–Crippen MR) is 139 cm³/mol. The minimum absolute atomic E-state index is 0.274. The summed E-state index contributed by atoms with van der Waals surface area (Å²) in [5.41, 5.74) is 13.0. The summed E-state index contributed by atoms with van der Waals surface area (Å²) in [6.07, 6.45) is 0. The molecule has 0 saturated carbocycles. The SMILES string of the molecule is Cc1cccc(C)c1NC(=O)c1sc2nc(-c3ccccc3)cc(-c3ccc(F)cc3)c2c1N. The zero-order valence-corrected chi connectivity index (χ0v) is 19.5. The average molecular weight is 468 g/mol. The Morgan fingerprint density at radius 2 is 1.59 bits per heavy atom. The lowest BCUT2D eigenvalue weighted by atomic mass is 9.99. The molecule has 2 heterocycles. The summed E-state index contributed by atoms with van der Waals surface area (Å²) >= 11 is 1.26. The van der Waals surface area contributed by atoms with Crippen LogP contribution in [0, 0.1) is 19.7 Å². The highest BCUT2D eigenvalue weighted by molar-refractivity contribution is 7.21. The smallest absolute Gasteiger partial charge is 0.267 e. The molecular weight excluding hydrogens is 445 g/mol. The van der Waals surface area contributed by atoms with E-state index in [0.717, 1.165) is 39.2 Å². The lowest BCUT2D eigenvalue weighted by molar-refractivity contribution is 0.103. The first-order valence-corrected chi connectivity index (χ1v) is 11.7. The summed E-state index contributed by atoms with van der Waals surface area (Å²) in [4.78, 5) is 19.2. The molecule has 34 heavy (non-hydrogen) atoms. The maximum Gasteiger partial charge on any atom is 0.267 e. The fourth-order valence-electron chi connectivity index (χ4n) is 4.09. The van der Waals surface area contributed by atoms with Crippen molar-refractivity contribution in [2.24, 2.45) is 0 Å². The first kappa shape index (κ1) is 21.8. The van der Waals surface area contributed by atoms with Crippen molar-refractivity contribution in [3.05, 3.63) is 101 Å². The number of carbonyl (C=O) groups excluding carboxylic acids is 1. The third-order valence-electron chi connectivity index (χ3n) is 5.85. The molecule has 5 aromatic rings.